The van der Waals surface area contributed by atoms with Crippen LogP contribution in [0.15, 0.2) is 35.5 Å². The van der Waals surface area contributed by atoms with E-state index in [0.29, 0.717) is 5.92 Å². The molecule has 1 nitrogen and oxygen atoms in total. The van der Waals surface area contributed by atoms with Crippen LogP contribution >= 0.6 is 0 Å². The zero-order chi connectivity index (χ0) is 12.0. The molecule has 0 amide bonds. The molecule has 0 fully saturated rings. The van der Waals surface area contributed by atoms with E-state index in [4.69, 9.17) is 5.11 Å². The highest BCUT2D eigenvalue weighted by Crippen LogP contribution is 2.30. The summed E-state index contributed by atoms with van der Waals surface area (Å²) in [7, 11) is 0. The Morgan fingerprint density at radius 1 is 1.56 bits per heavy atom. The second kappa shape index (κ2) is 6.70. The standard InChI is InChI=1S/C15H24O/c1-12(2)5-4-6-13(3)15-9-7-14(11-16)8-10-15/h5,7,15-16H,3-4,6,8-11H2,1-2H3/t15-/m1/s1. The Bertz CT molecular complexity index is 293. The Morgan fingerprint density at radius 3 is 2.81 bits per heavy atom. The van der Waals surface area contributed by atoms with Gasteiger partial charge >= 0.3 is 0 Å². The smallest absolute Gasteiger partial charge is 0.0641 e. The van der Waals surface area contributed by atoms with Crippen molar-refractivity contribution in [1.82, 2.24) is 0 Å². The Morgan fingerprint density at radius 2 is 2.31 bits per heavy atom. The molecule has 1 heteroatoms. The average Bonchev–Trinajstić information content (AvgIpc) is 2.28. The van der Waals surface area contributed by atoms with Gasteiger partial charge in [-0.25, -0.2) is 0 Å². The van der Waals surface area contributed by atoms with E-state index in [1.54, 1.807) is 0 Å². The first-order valence-corrected chi connectivity index (χ1v) is 6.23. The minimum atomic E-state index is 0.233. The molecule has 1 aliphatic rings. The van der Waals surface area contributed by atoms with E-state index >= 15 is 0 Å². The van der Waals surface area contributed by atoms with E-state index in [1.807, 2.05) is 0 Å². The highest BCUT2D eigenvalue weighted by Gasteiger charge is 2.16. The molecule has 0 aromatic heterocycles. The van der Waals surface area contributed by atoms with Gasteiger partial charge in [-0.3, -0.25) is 0 Å². The van der Waals surface area contributed by atoms with Crippen molar-refractivity contribution in [3.63, 3.8) is 0 Å². The van der Waals surface area contributed by atoms with Crippen LogP contribution in [0.5, 0.6) is 0 Å². The van der Waals surface area contributed by atoms with Crippen LogP contribution in [0, 0.1) is 5.92 Å². The summed E-state index contributed by atoms with van der Waals surface area (Å²) < 4.78 is 0. The van der Waals surface area contributed by atoms with Crippen molar-refractivity contribution in [2.45, 2.75) is 46.0 Å². The van der Waals surface area contributed by atoms with Gasteiger partial charge in [0.25, 0.3) is 0 Å². The van der Waals surface area contributed by atoms with Gasteiger partial charge in [0, 0.05) is 0 Å². The summed E-state index contributed by atoms with van der Waals surface area (Å²) in [6, 6.07) is 0. The number of hydrogen-bond donors (Lipinski definition) is 1. The topological polar surface area (TPSA) is 20.2 Å². The maximum atomic E-state index is 9.02. The molecular weight excluding hydrogens is 196 g/mol. The first-order valence-electron chi connectivity index (χ1n) is 6.23. The van der Waals surface area contributed by atoms with Crippen LogP contribution < -0.4 is 0 Å². The zero-order valence-corrected chi connectivity index (χ0v) is 10.6. The minimum Gasteiger partial charge on any atom is -0.392 e. The number of aliphatic hydroxyl groups excluding tert-OH is 1. The quantitative estimate of drug-likeness (QED) is 0.694. The summed E-state index contributed by atoms with van der Waals surface area (Å²) in [4.78, 5) is 0. The molecule has 0 saturated carbocycles. The van der Waals surface area contributed by atoms with Gasteiger partial charge in [0.1, 0.15) is 0 Å². The molecule has 0 spiro atoms. The molecule has 0 bridgehead atoms. The monoisotopic (exact) mass is 220 g/mol. The first kappa shape index (κ1) is 13.2. The van der Waals surface area contributed by atoms with E-state index in [2.05, 4.69) is 32.6 Å². The summed E-state index contributed by atoms with van der Waals surface area (Å²) in [5.41, 5.74) is 3.97. The lowest BCUT2D eigenvalue weighted by Gasteiger charge is -2.23. The number of aliphatic hydroxyl groups is 1. The fraction of sp³-hybridized carbons (Fsp3) is 0.600. The largest absolute Gasteiger partial charge is 0.392 e. The van der Waals surface area contributed by atoms with Crippen LogP contribution in [-0.4, -0.2) is 11.7 Å². The van der Waals surface area contributed by atoms with Crippen LogP contribution in [0.3, 0.4) is 0 Å². The number of rotatable bonds is 5. The van der Waals surface area contributed by atoms with Gasteiger partial charge in [0.15, 0.2) is 0 Å². The molecule has 0 aromatic carbocycles. The Hall–Kier alpha value is -0.820. The lowest BCUT2D eigenvalue weighted by atomic mass is 9.83. The van der Waals surface area contributed by atoms with Crippen molar-refractivity contribution in [2.24, 2.45) is 5.92 Å². The fourth-order valence-electron chi connectivity index (χ4n) is 2.15. The third-order valence-corrected chi connectivity index (χ3v) is 3.30. The lowest BCUT2D eigenvalue weighted by molar-refractivity contribution is 0.318. The SMILES string of the molecule is C=C(CCC=C(C)C)[C@@H]1CC=C(CO)CC1. The van der Waals surface area contributed by atoms with Gasteiger partial charge in [0.05, 0.1) is 6.61 Å². The summed E-state index contributed by atoms with van der Waals surface area (Å²) >= 11 is 0. The molecule has 0 aliphatic heterocycles. The molecular formula is C15H24O. The fourth-order valence-corrected chi connectivity index (χ4v) is 2.15. The highest BCUT2D eigenvalue weighted by atomic mass is 16.3. The molecule has 0 radical (unpaired) electrons. The van der Waals surface area contributed by atoms with E-state index in [1.165, 1.54) is 23.1 Å². The molecule has 1 rings (SSSR count). The van der Waals surface area contributed by atoms with Gasteiger partial charge in [-0.2, -0.15) is 0 Å². The number of allylic oxidation sites excluding steroid dienone is 4. The molecule has 16 heavy (non-hydrogen) atoms. The number of hydrogen-bond acceptors (Lipinski definition) is 1. The predicted molar refractivity (Wildman–Crippen MR) is 70.3 cm³/mol. The van der Waals surface area contributed by atoms with Crippen LogP contribution in [0.1, 0.15) is 46.0 Å². The third kappa shape index (κ3) is 4.36. The minimum absolute atomic E-state index is 0.233. The normalized spacial score (nSPS) is 20.2. The Labute approximate surface area is 99.6 Å². The second-order valence-corrected chi connectivity index (χ2v) is 4.97. The van der Waals surface area contributed by atoms with Crippen molar-refractivity contribution >= 4 is 0 Å². The molecule has 1 N–H and O–H groups in total. The maximum Gasteiger partial charge on any atom is 0.0641 e. The molecule has 1 atom stereocenters. The van der Waals surface area contributed by atoms with E-state index in [0.717, 1.165) is 25.7 Å². The Balaban J connectivity index is 2.34. The molecule has 1 aliphatic carbocycles. The Kier molecular flexibility index (Phi) is 5.54. The van der Waals surface area contributed by atoms with Crippen LogP contribution in [0.4, 0.5) is 0 Å². The van der Waals surface area contributed by atoms with Gasteiger partial charge in [0.2, 0.25) is 0 Å². The molecule has 90 valence electrons. The van der Waals surface area contributed by atoms with Crippen LogP contribution in [0.25, 0.3) is 0 Å². The first-order chi connectivity index (χ1) is 7.63. The highest BCUT2D eigenvalue weighted by molar-refractivity contribution is 5.14. The molecule has 0 heterocycles. The molecule has 0 unspecified atom stereocenters. The zero-order valence-electron chi connectivity index (χ0n) is 10.6. The second-order valence-electron chi connectivity index (χ2n) is 4.97. The van der Waals surface area contributed by atoms with E-state index in [-0.39, 0.29) is 6.61 Å². The van der Waals surface area contributed by atoms with Crippen molar-refractivity contribution in [2.75, 3.05) is 6.61 Å². The average molecular weight is 220 g/mol. The molecule has 0 aromatic rings. The van der Waals surface area contributed by atoms with Crippen molar-refractivity contribution in [3.05, 3.63) is 35.5 Å². The van der Waals surface area contributed by atoms with E-state index in [9.17, 15) is 0 Å². The summed E-state index contributed by atoms with van der Waals surface area (Å²) in [6.07, 6.45) is 9.99. The van der Waals surface area contributed by atoms with Crippen molar-refractivity contribution in [1.29, 1.82) is 0 Å². The predicted octanol–water partition coefficient (Wildman–Crippen LogP) is 4.01. The van der Waals surface area contributed by atoms with Crippen LogP contribution in [-0.2, 0) is 0 Å². The molecule has 0 saturated heterocycles. The van der Waals surface area contributed by atoms with Gasteiger partial charge in [-0.15, -0.1) is 0 Å². The van der Waals surface area contributed by atoms with Gasteiger partial charge < -0.3 is 5.11 Å². The van der Waals surface area contributed by atoms with E-state index < -0.39 is 0 Å². The lowest BCUT2D eigenvalue weighted by Crippen LogP contribution is -2.09. The van der Waals surface area contributed by atoms with Crippen molar-refractivity contribution < 1.29 is 5.11 Å². The summed E-state index contributed by atoms with van der Waals surface area (Å²) in [5, 5.41) is 9.02. The van der Waals surface area contributed by atoms with Crippen LogP contribution in [0.2, 0.25) is 0 Å². The van der Waals surface area contributed by atoms with Crippen molar-refractivity contribution in [3.8, 4) is 0 Å². The summed E-state index contributed by atoms with van der Waals surface area (Å²) in [5.74, 6) is 0.640. The third-order valence-electron chi connectivity index (χ3n) is 3.30. The summed E-state index contributed by atoms with van der Waals surface area (Å²) in [6.45, 7) is 8.72. The van der Waals surface area contributed by atoms with Gasteiger partial charge in [-0.1, -0.05) is 29.9 Å². The van der Waals surface area contributed by atoms with Gasteiger partial charge in [-0.05, 0) is 57.4 Å². The maximum absolute atomic E-state index is 9.02.